The van der Waals surface area contributed by atoms with E-state index in [-0.39, 0.29) is 10.8 Å². The summed E-state index contributed by atoms with van der Waals surface area (Å²) in [5.41, 5.74) is 0. The van der Waals surface area contributed by atoms with Crippen molar-refractivity contribution in [3.8, 4) is 0 Å². The van der Waals surface area contributed by atoms with Crippen LogP contribution in [-0.2, 0) is 0 Å². The molecule has 0 aromatic heterocycles. The average molecular weight is 232 g/mol. The molecule has 1 saturated heterocycles. The van der Waals surface area contributed by atoms with Gasteiger partial charge >= 0.3 is 0 Å². The minimum Gasteiger partial charge on any atom is -0.317 e. The van der Waals surface area contributed by atoms with Crippen LogP contribution in [0.2, 0.25) is 5.02 Å². The maximum Gasteiger partial charge on any atom is 0.141 e. The van der Waals surface area contributed by atoms with Gasteiger partial charge in [-0.05, 0) is 38.1 Å². The molecule has 86 valence electrons. The summed E-state index contributed by atoms with van der Waals surface area (Å²) in [6.07, 6.45) is 2.78. The second kappa shape index (κ2) is 9.94. The van der Waals surface area contributed by atoms with Crippen molar-refractivity contribution in [3.63, 3.8) is 0 Å². The van der Waals surface area contributed by atoms with Crippen LogP contribution in [0.1, 0.15) is 26.7 Å². The van der Waals surface area contributed by atoms with Crippen LogP contribution in [-0.4, -0.2) is 13.1 Å². The van der Waals surface area contributed by atoms with E-state index in [1.807, 2.05) is 13.8 Å². The Labute approximate surface area is 96.6 Å². The fourth-order valence-electron chi connectivity index (χ4n) is 1.06. The summed E-state index contributed by atoms with van der Waals surface area (Å²) in [4.78, 5) is 0. The van der Waals surface area contributed by atoms with Crippen LogP contribution in [0.5, 0.6) is 0 Å². The summed E-state index contributed by atoms with van der Waals surface area (Å²) >= 11 is 5.33. The summed E-state index contributed by atoms with van der Waals surface area (Å²) in [6, 6.07) is 6.12. The topological polar surface area (TPSA) is 12.0 Å². The van der Waals surface area contributed by atoms with Gasteiger partial charge in [0.1, 0.15) is 5.82 Å². The van der Waals surface area contributed by atoms with Crippen LogP contribution in [0.25, 0.3) is 0 Å². The smallest absolute Gasteiger partial charge is 0.141 e. The molecule has 1 aliphatic rings. The lowest BCUT2D eigenvalue weighted by molar-refractivity contribution is 0.628. The number of halogens is 2. The van der Waals surface area contributed by atoms with Crippen LogP contribution in [0, 0.1) is 5.82 Å². The van der Waals surface area contributed by atoms with E-state index in [1.54, 1.807) is 12.1 Å². The molecule has 0 unspecified atom stereocenters. The molecule has 1 fully saturated rings. The predicted octanol–water partition coefficient (Wildman–Crippen LogP) is 3.88. The maximum absolute atomic E-state index is 12.2. The highest BCUT2D eigenvalue weighted by atomic mass is 35.5. The Hall–Kier alpha value is -0.600. The van der Waals surface area contributed by atoms with Gasteiger partial charge in [-0.15, -0.1) is 0 Å². The van der Waals surface area contributed by atoms with Crippen LogP contribution < -0.4 is 5.32 Å². The Kier molecular flexibility index (Phi) is 9.54. The highest BCUT2D eigenvalue weighted by Gasteiger charge is 1.93. The minimum atomic E-state index is -0.367. The van der Waals surface area contributed by atoms with Gasteiger partial charge in [-0.2, -0.15) is 0 Å². The Morgan fingerprint density at radius 1 is 1.13 bits per heavy atom. The van der Waals surface area contributed by atoms with E-state index in [0.717, 1.165) is 0 Å². The largest absolute Gasteiger partial charge is 0.317 e. The normalized spacial score (nSPS) is 13.3. The van der Waals surface area contributed by atoms with Crippen molar-refractivity contribution in [1.29, 1.82) is 0 Å². The molecule has 1 aromatic rings. The highest BCUT2D eigenvalue weighted by Crippen LogP contribution is 2.11. The summed E-state index contributed by atoms with van der Waals surface area (Å²) < 4.78 is 12.2. The van der Waals surface area contributed by atoms with Crippen molar-refractivity contribution < 1.29 is 4.39 Å². The third kappa shape index (κ3) is 7.34. The van der Waals surface area contributed by atoms with E-state index < -0.39 is 0 Å². The molecule has 1 aliphatic heterocycles. The third-order valence-corrected chi connectivity index (χ3v) is 2.09. The molecule has 0 radical (unpaired) electrons. The standard InChI is InChI=1S/C6H4ClF.C4H9N.C2H6/c7-5-3-1-2-4-6(5)8;1-2-4-5-3-1;1-2/h1-4H;5H,1-4H2;1-2H3. The summed E-state index contributed by atoms with van der Waals surface area (Å²) in [7, 11) is 0. The number of hydrogen-bond acceptors (Lipinski definition) is 1. The number of nitrogens with one attached hydrogen (secondary N) is 1. The monoisotopic (exact) mass is 231 g/mol. The molecule has 0 aliphatic carbocycles. The average Bonchev–Trinajstić information content (AvgIpc) is 2.84. The third-order valence-electron chi connectivity index (χ3n) is 1.78. The van der Waals surface area contributed by atoms with Gasteiger partial charge in [0.25, 0.3) is 0 Å². The zero-order valence-corrected chi connectivity index (χ0v) is 10.1. The van der Waals surface area contributed by atoms with Gasteiger partial charge in [-0.1, -0.05) is 37.6 Å². The molecule has 1 N–H and O–H groups in total. The Balaban J connectivity index is 0.000000241. The molecule has 1 heterocycles. The molecule has 0 atom stereocenters. The minimum absolute atomic E-state index is 0.174. The first-order valence-electron chi connectivity index (χ1n) is 5.41. The molecular formula is C12H19ClFN. The van der Waals surface area contributed by atoms with Gasteiger partial charge in [-0.3, -0.25) is 0 Å². The molecule has 0 amide bonds. The van der Waals surface area contributed by atoms with Crippen LogP contribution >= 0.6 is 11.6 Å². The van der Waals surface area contributed by atoms with E-state index in [9.17, 15) is 4.39 Å². The number of benzene rings is 1. The molecule has 0 saturated carbocycles. The van der Waals surface area contributed by atoms with Crippen LogP contribution in [0.3, 0.4) is 0 Å². The summed E-state index contributed by atoms with van der Waals surface area (Å²) in [5, 5.41) is 3.40. The molecular weight excluding hydrogens is 213 g/mol. The van der Waals surface area contributed by atoms with Crippen LogP contribution in [0.4, 0.5) is 4.39 Å². The van der Waals surface area contributed by atoms with Crippen LogP contribution in [0.15, 0.2) is 24.3 Å². The van der Waals surface area contributed by atoms with E-state index in [0.29, 0.717) is 0 Å². The first kappa shape index (κ1) is 14.4. The van der Waals surface area contributed by atoms with E-state index in [1.165, 1.54) is 38.1 Å². The fourth-order valence-corrected chi connectivity index (χ4v) is 1.20. The molecule has 0 spiro atoms. The molecule has 3 heteroatoms. The Morgan fingerprint density at radius 3 is 1.93 bits per heavy atom. The van der Waals surface area contributed by atoms with E-state index in [2.05, 4.69) is 5.32 Å². The number of rotatable bonds is 0. The van der Waals surface area contributed by atoms with Gasteiger partial charge in [0, 0.05) is 0 Å². The molecule has 15 heavy (non-hydrogen) atoms. The Bertz CT molecular complexity index is 221. The highest BCUT2D eigenvalue weighted by molar-refractivity contribution is 6.30. The molecule has 1 nitrogen and oxygen atoms in total. The van der Waals surface area contributed by atoms with Crippen molar-refractivity contribution >= 4 is 11.6 Å². The second-order valence-electron chi connectivity index (χ2n) is 2.87. The zero-order valence-electron chi connectivity index (χ0n) is 9.39. The molecule has 1 aromatic carbocycles. The van der Waals surface area contributed by atoms with Gasteiger partial charge in [0.2, 0.25) is 0 Å². The quantitative estimate of drug-likeness (QED) is 0.715. The van der Waals surface area contributed by atoms with Crippen molar-refractivity contribution in [2.75, 3.05) is 13.1 Å². The van der Waals surface area contributed by atoms with Gasteiger partial charge in [0.05, 0.1) is 5.02 Å². The van der Waals surface area contributed by atoms with E-state index in [4.69, 9.17) is 11.6 Å². The van der Waals surface area contributed by atoms with Crippen molar-refractivity contribution in [2.24, 2.45) is 0 Å². The van der Waals surface area contributed by atoms with Gasteiger partial charge < -0.3 is 5.32 Å². The van der Waals surface area contributed by atoms with Gasteiger partial charge in [0.15, 0.2) is 0 Å². The Morgan fingerprint density at radius 2 is 1.67 bits per heavy atom. The molecule has 2 rings (SSSR count). The second-order valence-corrected chi connectivity index (χ2v) is 3.28. The first-order chi connectivity index (χ1) is 7.30. The van der Waals surface area contributed by atoms with E-state index >= 15 is 0 Å². The molecule has 0 bridgehead atoms. The summed E-state index contributed by atoms with van der Waals surface area (Å²) in [6.45, 7) is 6.50. The lowest BCUT2D eigenvalue weighted by Gasteiger charge is -1.86. The van der Waals surface area contributed by atoms with Crippen molar-refractivity contribution in [1.82, 2.24) is 5.32 Å². The summed E-state index contributed by atoms with van der Waals surface area (Å²) in [5.74, 6) is -0.367. The van der Waals surface area contributed by atoms with Gasteiger partial charge in [-0.25, -0.2) is 4.39 Å². The number of hydrogen-bond donors (Lipinski definition) is 1. The zero-order chi connectivity index (χ0) is 11.5. The van der Waals surface area contributed by atoms with Crippen molar-refractivity contribution in [2.45, 2.75) is 26.7 Å². The lowest BCUT2D eigenvalue weighted by Crippen LogP contribution is -2.03. The fraction of sp³-hybridized carbons (Fsp3) is 0.500. The predicted molar refractivity (Wildman–Crippen MR) is 64.9 cm³/mol. The SMILES string of the molecule is C1CCNC1.CC.Fc1ccccc1Cl. The lowest BCUT2D eigenvalue weighted by atomic mass is 10.4. The van der Waals surface area contributed by atoms with Crippen molar-refractivity contribution in [3.05, 3.63) is 35.1 Å². The first-order valence-corrected chi connectivity index (χ1v) is 5.79. The maximum atomic E-state index is 12.2.